The van der Waals surface area contributed by atoms with Gasteiger partial charge in [-0.25, -0.2) is 0 Å². The smallest absolute Gasteiger partial charge is 0.256 e. The molecule has 0 saturated carbocycles. The molecular formula is C24H27N3O4. The maximum absolute atomic E-state index is 13.4. The molecule has 0 atom stereocenters. The van der Waals surface area contributed by atoms with Crippen LogP contribution in [0.15, 0.2) is 36.4 Å². The Labute approximate surface area is 181 Å². The Morgan fingerprint density at radius 1 is 0.806 bits per heavy atom. The van der Waals surface area contributed by atoms with Crippen molar-refractivity contribution in [2.45, 2.75) is 32.1 Å². The van der Waals surface area contributed by atoms with E-state index < -0.39 is 0 Å². The summed E-state index contributed by atoms with van der Waals surface area (Å²) >= 11 is 0. The lowest BCUT2D eigenvalue weighted by atomic mass is 10.1. The van der Waals surface area contributed by atoms with Gasteiger partial charge in [0.2, 0.25) is 6.79 Å². The second-order valence-corrected chi connectivity index (χ2v) is 8.30. The number of amides is 2. The summed E-state index contributed by atoms with van der Waals surface area (Å²) in [4.78, 5) is 30.4. The van der Waals surface area contributed by atoms with E-state index in [0.717, 1.165) is 57.5 Å². The van der Waals surface area contributed by atoms with Crippen LogP contribution in [0.2, 0.25) is 0 Å². The number of ether oxygens (including phenoxy) is 2. The average Bonchev–Trinajstić information content (AvgIpc) is 3.51. The Kier molecular flexibility index (Phi) is 5.40. The van der Waals surface area contributed by atoms with Crippen LogP contribution < -0.4 is 19.7 Å². The van der Waals surface area contributed by atoms with Crippen molar-refractivity contribution in [3.8, 4) is 11.5 Å². The van der Waals surface area contributed by atoms with E-state index in [4.69, 9.17) is 9.47 Å². The van der Waals surface area contributed by atoms with E-state index in [1.54, 1.807) is 18.2 Å². The number of carbonyl (C=O) groups excluding carboxylic acids is 2. The molecule has 2 saturated heterocycles. The quantitative estimate of drug-likeness (QED) is 0.811. The van der Waals surface area contributed by atoms with Gasteiger partial charge < -0.3 is 24.6 Å². The Morgan fingerprint density at radius 3 is 2.35 bits per heavy atom. The van der Waals surface area contributed by atoms with Crippen LogP contribution in [0, 0.1) is 0 Å². The Balaban J connectivity index is 1.41. The molecule has 7 nitrogen and oxygen atoms in total. The number of nitrogens with one attached hydrogen (secondary N) is 1. The number of hydrogen-bond donors (Lipinski definition) is 1. The minimum Gasteiger partial charge on any atom is -0.454 e. The summed E-state index contributed by atoms with van der Waals surface area (Å²) in [6.07, 6.45) is 5.55. The van der Waals surface area contributed by atoms with Gasteiger partial charge >= 0.3 is 0 Å². The van der Waals surface area contributed by atoms with Crippen LogP contribution in [0.5, 0.6) is 11.5 Å². The van der Waals surface area contributed by atoms with Crippen molar-refractivity contribution in [3.63, 3.8) is 0 Å². The molecule has 162 valence electrons. The number of anilines is 2. The molecule has 7 heteroatoms. The highest BCUT2D eigenvalue weighted by molar-refractivity contribution is 6.06. The molecular weight excluding hydrogens is 394 g/mol. The SMILES string of the molecule is O=C(Nc1ccc(N2CCCC2)c(C(=O)N2CCCCC2)c1)c1ccc2c(c1)OCO2. The Morgan fingerprint density at radius 2 is 1.55 bits per heavy atom. The van der Waals surface area contributed by atoms with Gasteiger partial charge in [0.1, 0.15) is 0 Å². The predicted molar refractivity (Wildman–Crippen MR) is 118 cm³/mol. The largest absolute Gasteiger partial charge is 0.454 e. The van der Waals surface area contributed by atoms with E-state index in [1.807, 2.05) is 23.1 Å². The molecule has 1 N–H and O–H groups in total. The zero-order valence-corrected chi connectivity index (χ0v) is 17.6. The number of hydrogen-bond acceptors (Lipinski definition) is 5. The zero-order valence-electron chi connectivity index (χ0n) is 17.6. The highest BCUT2D eigenvalue weighted by Gasteiger charge is 2.25. The van der Waals surface area contributed by atoms with Crippen LogP contribution in [0.25, 0.3) is 0 Å². The lowest BCUT2D eigenvalue weighted by Crippen LogP contribution is -2.36. The third-order valence-corrected chi connectivity index (χ3v) is 6.21. The van der Waals surface area contributed by atoms with E-state index in [9.17, 15) is 9.59 Å². The normalized spacial score (nSPS) is 17.7. The molecule has 0 aromatic heterocycles. The first-order valence-electron chi connectivity index (χ1n) is 11.1. The molecule has 0 bridgehead atoms. The number of benzene rings is 2. The van der Waals surface area contributed by atoms with E-state index in [2.05, 4.69) is 10.2 Å². The molecule has 0 unspecified atom stereocenters. The van der Waals surface area contributed by atoms with Crippen molar-refractivity contribution in [2.75, 3.05) is 43.2 Å². The summed E-state index contributed by atoms with van der Waals surface area (Å²) in [7, 11) is 0. The number of piperidine rings is 1. The number of fused-ring (bicyclic) bond motifs is 1. The van der Waals surface area contributed by atoms with Crippen molar-refractivity contribution in [3.05, 3.63) is 47.5 Å². The van der Waals surface area contributed by atoms with Crippen molar-refractivity contribution >= 4 is 23.2 Å². The van der Waals surface area contributed by atoms with Gasteiger partial charge in [0.05, 0.1) is 5.56 Å². The van der Waals surface area contributed by atoms with E-state index in [-0.39, 0.29) is 18.6 Å². The van der Waals surface area contributed by atoms with Crippen LogP contribution in [-0.2, 0) is 0 Å². The van der Waals surface area contributed by atoms with Crippen molar-refractivity contribution in [1.29, 1.82) is 0 Å². The van der Waals surface area contributed by atoms with Gasteiger partial charge in [-0.3, -0.25) is 9.59 Å². The van der Waals surface area contributed by atoms with Crippen LogP contribution >= 0.6 is 0 Å². The summed E-state index contributed by atoms with van der Waals surface area (Å²) < 4.78 is 10.7. The number of rotatable bonds is 4. The summed E-state index contributed by atoms with van der Waals surface area (Å²) in [6, 6.07) is 10.8. The van der Waals surface area contributed by atoms with Gasteiger partial charge in [0.25, 0.3) is 11.8 Å². The minimum atomic E-state index is -0.247. The number of likely N-dealkylation sites (tertiary alicyclic amines) is 1. The fourth-order valence-electron chi connectivity index (χ4n) is 4.53. The average molecular weight is 421 g/mol. The van der Waals surface area contributed by atoms with E-state index in [1.165, 1.54) is 6.42 Å². The molecule has 5 rings (SSSR count). The molecule has 3 heterocycles. The van der Waals surface area contributed by atoms with Gasteiger partial charge in [-0.05, 0) is 68.5 Å². The van der Waals surface area contributed by atoms with Gasteiger partial charge in [-0.15, -0.1) is 0 Å². The van der Waals surface area contributed by atoms with Gasteiger partial charge in [-0.1, -0.05) is 0 Å². The predicted octanol–water partition coefficient (Wildman–Crippen LogP) is 3.89. The fraction of sp³-hybridized carbons (Fsp3) is 0.417. The summed E-state index contributed by atoms with van der Waals surface area (Å²) in [5, 5.41) is 2.94. The monoisotopic (exact) mass is 421 g/mol. The zero-order chi connectivity index (χ0) is 21.2. The van der Waals surface area contributed by atoms with Crippen LogP contribution in [0.4, 0.5) is 11.4 Å². The first-order valence-corrected chi connectivity index (χ1v) is 11.1. The highest BCUT2D eigenvalue weighted by Crippen LogP contribution is 2.33. The summed E-state index contributed by atoms with van der Waals surface area (Å²) in [6.45, 7) is 3.69. The van der Waals surface area contributed by atoms with E-state index >= 15 is 0 Å². The summed E-state index contributed by atoms with van der Waals surface area (Å²) in [5.74, 6) is 1.02. The number of nitrogens with zero attached hydrogens (tertiary/aromatic N) is 2. The second kappa shape index (κ2) is 8.49. The van der Waals surface area contributed by atoms with Crippen molar-refractivity contribution in [2.24, 2.45) is 0 Å². The molecule has 2 fully saturated rings. The Bertz CT molecular complexity index is 994. The molecule has 3 aliphatic rings. The minimum absolute atomic E-state index is 0.0563. The first kappa shape index (κ1) is 19.7. The molecule has 2 aromatic carbocycles. The van der Waals surface area contributed by atoms with Crippen molar-refractivity contribution < 1.29 is 19.1 Å². The lowest BCUT2D eigenvalue weighted by molar-refractivity contribution is 0.0724. The second-order valence-electron chi connectivity index (χ2n) is 8.30. The van der Waals surface area contributed by atoms with Crippen LogP contribution in [0.3, 0.4) is 0 Å². The topological polar surface area (TPSA) is 71.1 Å². The third kappa shape index (κ3) is 4.04. The maximum atomic E-state index is 13.4. The molecule has 0 radical (unpaired) electrons. The maximum Gasteiger partial charge on any atom is 0.256 e. The lowest BCUT2D eigenvalue weighted by Gasteiger charge is -2.29. The standard InChI is InChI=1S/C24H27N3O4/c28-23(17-6-9-21-22(14-17)31-16-30-21)25-18-7-8-20(26-10-4-5-11-26)19(15-18)24(29)27-12-2-1-3-13-27/h6-9,14-15H,1-5,10-13,16H2,(H,25,28). The van der Waals surface area contributed by atoms with Crippen molar-refractivity contribution in [1.82, 2.24) is 4.90 Å². The molecule has 3 aliphatic heterocycles. The van der Waals surface area contributed by atoms with Crippen LogP contribution in [-0.4, -0.2) is 49.7 Å². The molecule has 0 aliphatic carbocycles. The molecule has 2 aromatic rings. The molecule has 31 heavy (non-hydrogen) atoms. The third-order valence-electron chi connectivity index (χ3n) is 6.21. The van der Waals surface area contributed by atoms with Gasteiger partial charge in [0, 0.05) is 43.1 Å². The van der Waals surface area contributed by atoms with Crippen LogP contribution in [0.1, 0.15) is 52.8 Å². The molecule has 0 spiro atoms. The highest BCUT2D eigenvalue weighted by atomic mass is 16.7. The van der Waals surface area contributed by atoms with E-state index in [0.29, 0.717) is 28.3 Å². The fourth-order valence-corrected chi connectivity index (χ4v) is 4.53. The first-order chi connectivity index (χ1) is 15.2. The number of carbonyl (C=O) groups is 2. The summed E-state index contributed by atoms with van der Waals surface area (Å²) in [5.41, 5.74) is 2.74. The molecule has 2 amide bonds. The van der Waals surface area contributed by atoms with Gasteiger partial charge in [-0.2, -0.15) is 0 Å². The Hall–Kier alpha value is -3.22. The van der Waals surface area contributed by atoms with Gasteiger partial charge in [0.15, 0.2) is 11.5 Å².